The quantitative estimate of drug-likeness (QED) is 0.852. The number of rotatable bonds is 4. The van der Waals surface area contributed by atoms with Crippen LogP contribution < -0.4 is 5.32 Å². The molecule has 1 heterocycles. The highest BCUT2D eigenvalue weighted by Crippen LogP contribution is 2.65. The van der Waals surface area contributed by atoms with Gasteiger partial charge in [0.15, 0.2) is 0 Å². The Morgan fingerprint density at radius 1 is 1.35 bits per heavy atom. The zero-order valence-corrected chi connectivity index (χ0v) is 11.8. The third-order valence-electron chi connectivity index (χ3n) is 4.73. The first-order valence-electron chi connectivity index (χ1n) is 6.92. The van der Waals surface area contributed by atoms with E-state index in [4.69, 9.17) is 0 Å². The van der Waals surface area contributed by atoms with Crippen LogP contribution in [0.2, 0.25) is 0 Å². The summed E-state index contributed by atoms with van der Waals surface area (Å²) < 4.78 is 0. The molecule has 2 saturated carbocycles. The zero-order chi connectivity index (χ0) is 11.9. The minimum atomic E-state index is 0.471. The van der Waals surface area contributed by atoms with Crippen LogP contribution in [0.3, 0.4) is 0 Å². The largest absolute Gasteiger partial charge is 0.314 e. The van der Waals surface area contributed by atoms with Gasteiger partial charge in [-0.3, -0.25) is 0 Å². The molecular formula is C15H23NS. The zero-order valence-electron chi connectivity index (χ0n) is 11.0. The monoisotopic (exact) mass is 249 g/mol. The van der Waals surface area contributed by atoms with Crippen molar-refractivity contribution in [2.24, 2.45) is 5.41 Å². The molecule has 0 amide bonds. The Morgan fingerprint density at radius 3 is 2.59 bits per heavy atom. The van der Waals surface area contributed by atoms with Gasteiger partial charge in [0.1, 0.15) is 0 Å². The van der Waals surface area contributed by atoms with E-state index in [1.54, 1.807) is 4.88 Å². The molecule has 1 aromatic heterocycles. The van der Waals surface area contributed by atoms with Gasteiger partial charge in [0.05, 0.1) is 0 Å². The second-order valence-corrected chi connectivity index (χ2v) is 7.45. The second kappa shape index (κ2) is 4.10. The molecule has 1 aromatic rings. The normalized spacial score (nSPS) is 24.6. The lowest BCUT2D eigenvalue weighted by Crippen LogP contribution is -2.57. The molecule has 0 bridgehead atoms. The molecule has 2 fully saturated rings. The van der Waals surface area contributed by atoms with Crippen LogP contribution in [0.25, 0.3) is 0 Å². The summed E-state index contributed by atoms with van der Waals surface area (Å²) in [6.07, 6.45) is 7.31. The molecule has 2 heteroatoms. The van der Waals surface area contributed by atoms with Crippen molar-refractivity contribution in [3.63, 3.8) is 0 Å². The lowest BCUT2D eigenvalue weighted by atomic mass is 9.45. The molecule has 17 heavy (non-hydrogen) atoms. The Balaban J connectivity index is 1.73. The van der Waals surface area contributed by atoms with E-state index in [9.17, 15) is 0 Å². The van der Waals surface area contributed by atoms with Crippen molar-refractivity contribution in [3.8, 4) is 0 Å². The minimum absolute atomic E-state index is 0.471. The van der Waals surface area contributed by atoms with E-state index in [1.807, 2.05) is 11.3 Å². The number of hydrogen-bond acceptors (Lipinski definition) is 2. The van der Waals surface area contributed by atoms with Gasteiger partial charge >= 0.3 is 0 Å². The summed E-state index contributed by atoms with van der Waals surface area (Å²) in [6.45, 7) is 5.67. The van der Waals surface area contributed by atoms with Gasteiger partial charge in [-0.05, 0) is 42.5 Å². The van der Waals surface area contributed by atoms with Crippen LogP contribution in [0.15, 0.2) is 17.5 Å². The lowest BCUT2D eigenvalue weighted by Gasteiger charge is -2.61. The van der Waals surface area contributed by atoms with Gasteiger partial charge in [-0.2, -0.15) is 0 Å². The van der Waals surface area contributed by atoms with Crippen LogP contribution in [-0.2, 0) is 5.41 Å². The molecular weight excluding hydrogens is 226 g/mol. The van der Waals surface area contributed by atoms with E-state index in [1.165, 1.54) is 38.6 Å². The third kappa shape index (κ3) is 1.96. The Labute approximate surface area is 109 Å². The fourth-order valence-corrected chi connectivity index (χ4v) is 4.71. The summed E-state index contributed by atoms with van der Waals surface area (Å²) in [4.78, 5) is 1.61. The van der Waals surface area contributed by atoms with Crippen molar-refractivity contribution >= 4 is 11.3 Å². The van der Waals surface area contributed by atoms with Crippen molar-refractivity contribution < 1.29 is 0 Å². The summed E-state index contributed by atoms with van der Waals surface area (Å²) in [5, 5.41) is 5.90. The Morgan fingerprint density at radius 2 is 2.12 bits per heavy atom. The molecule has 0 radical (unpaired) electrons. The summed E-state index contributed by atoms with van der Waals surface area (Å²) in [6, 6.07) is 5.16. The summed E-state index contributed by atoms with van der Waals surface area (Å²) in [5.74, 6) is 0. The molecule has 0 unspecified atom stereocenters. The molecule has 2 aliphatic carbocycles. The van der Waals surface area contributed by atoms with Crippen molar-refractivity contribution in [2.45, 2.75) is 57.4 Å². The second-order valence-electron chi connectivity index (χ2n) is 6.50. The first-order valence-corrected chi connectivity index (χ1v) is 7.80. The Bertz CT molecular complexity index is 368. The smallest absolute Gasteiger partial charge is 0.0182 e. The maximum absolute atomic E-state index is 3.67. The van der Waals surface area contributed by atoms with Gasteiger partial charge in [-0.1, -0.05) is 26.3 Å². The highest BCUT2D eigenvalue weighted by atomic mass is 32.1. The van der Waals surface area contributed by atoms with Crippen LogP contribution in [0.5, 0.6) is 0 Å². The standard InChI is InChI=1S/C15H23NS/c1-12(2)16-11-15(13-5-3-8-17-13)9-14(10-15)6-4-7-14/h3,5,8,12,16H,4,6-7,9-11H2,1-2H3. The van der Waals surface area contributed by atoms with Crippen LogP contribution >= 0.6 is 11.3 Å². The van der Waals surface area contributed by atoms with Crippen LogP contribution in [0.1, 0.15) is 50.8 Å². The highest BCUT2D eigenvalue weighted by Gasteiger charge is 2.57. The van der Waals surface area contributed by atoms with E-state index in [0.717, 1.165) is 5.41 Å². The lowest BCUT2D eigenvalue weighted by molar-refractivity contribution is -0.0472. The molecule has 1 nitrogen and oxygen atoms in total. The van der Waals surface area contributed by atoms with Gasteiger partial charge in [0.2, 0.25) is 0 Å². The molecule has 1 spiro atoms. The Kier molecular flexibility index (Phi) is 2.83. The molecule has 0 saturated heterocycles. The third-order valence-corrected chi connectivity index (χ3v) is 5.85. The topological polar surface area (TPSA) is 12.0 Å². The maximum Gasteiger partial charge on any atom is 0.0182 e. The summed E-state index contributed by atoms with van der Waals surface area (Å²) in [7, 11) is 0. The number of nitrogens with one attached hydrogen (secondary N) is 1. The summed E-state index contributed by atoms with van der Waals surface area (Å²) >= 11 is 1.95. The van der Waals surface area contributed by atoms with Crippen LogP contribution in [0.4, 0.5) is 0 Å². The van der Waals surface area contributed by atoms with E-state index in [0.29, 0.717) is 11.5 Å². The highest BCUT2D eigenvalue weighted by molar-refractivity contribution is 7.10. The average molecular weight is 249 g/mol. The molecule has 94 valence electrons. The van der Waals surface area contributed by atoms with E-state index in [-0.39, 0.29) is 0 Å². The molecule has 0 aromatic carbocycles. The number of thiophene rings is 1. The van der Waals surface area contributed by atoms with Crippen molar-refractivity contribution in [1.82, 2.24) is 5.32 Å². The first kappa shape index (κ1) is 11.7. The van der Waals surface area contributed by atoms with Gasteiger partial charge in [-0.25, -0.2) is 0 Å². The first-order chi connectivity index (χ1) is 8.14. The molecule has 0 atom stereocenters. The molecule has 0 aliphatic heterocycles. The SMILES string of the molecule is CC(C)NCC1(c2cccs2)CC2(CCC2)C1. The predicted octanol–water partition coefficient (Wildman–Crippen LogP) is 3.95. The van der Waals surface area contributed by atoms with Crippen LogP contribution in [-0.4, -0.2) is 12.6 Å². The Hall–Kier alpha value is -0.340. The van der Waals surface area contributed by atoms with E-state index in [2.05, 4.69) is 36.7 Å². The van der Waals surface area contributed by atoms with Gasteiger partial charge in [-0.15, -0.1) is 11.3 Å². The fraction of sp³-hybridized carbons (Fsp3) is 0.733. The van der Waals surface area contributed by atoms with Gasteiger partial charge in [0.25, 0.3) is 0 Å². The predicted molar refractivity (Wildman–Crippen MR) is 74.7 cm³/mol. The summed E-state index contributed by atoms with van der Waals surface area (Å²) in [5.41, 5.74) is 1.22. The van der Waals surface area contributed by atoms with E-state index >= 15 is 0 Å². The fourth-order valence-electron chi connectivity index (χ4n) is 3.78. The van der Waals surface area contributed by atoms with E-state index < -0.39 is 0 Å². The minimum Gasteiger partial charge on any atom is -0.314 e. The van der Waals surface area contributed by atoms with Gasteiger partial charge < -0.3 is 5.32 Å². The number of hydrogen-bond donors (Lipinski definition) is 1. The maximum atomic E-state index is 3.67. The van der Waals surface area contributed by atoms with Crippen molar-refractivity contribution in [3.05, 3.63) is 22.4 Å². The van der Waals surface area contributed by atoms with Gasteiger partial charge in [0, 0.05) is 22.9 Å². The molecule has 1 N–H and O–H groups in total. The average Bonchev–Trinajstić information content (AvgIpc) is 2.67. The molecule has 3 rings (SSSR count). The molecule has 2 aliphatic rings. The van der Waals surface area contributed by atoms with Crippen LogP contribution in [0, 0.1) is 5.41 Å². The van der Waals surface area contributed by atoms with Crippen molar-refractivity contribution in [2.75, 3.05) is 6.54 Å². The van der Waals surface area contributed by atoms with Crippen molar-refractivity contribution in [1.29, 1.82) is 0 Å².